The Morgan fingerprint density at radius 2 is 1.96 bits per heavy atom. The van der Waals surface area contributed by atoms with E-state index in [2.05, 4.69) is 10.3 Å². The van der Waals surface area contributed by atoms with E-state index in [-0.39, 0.29) is 17.2 Å². The highest BCUT2D eigenvalue weighted by Gasteiger charge is 2.18. The summed E-state index contributed by atoms with van der Waals surface area (Å²) in [5.74, 6) is -1.32. The number of halogens is 2. The number of rotatable bonds is 6. The molecule has 4 nitrogen and oxygen atoms in total. The molecule has 0 saturated heterocycles. The van der Waals surface area contributed by atoms with Gasteiger partial charge in [0.1, 0.15) is 0 Å². The Kier molecular flexibility index (Phi) is 7.13. The van der Waals surface area contributed by atoms with Gasteiger partial charge in [-0.1, -0.05) is 61.0 Å². The third-order valence-electron chi connectivity index (χ3n) is 4.66. The van der Waals surface area contributed by atoms with Crippen LogP contribution in [-0.4, -0.2) is 16.3 Å². The van der Waals surface area contributed by atoms with Gasteiger partial charge in [0.05, 0.1) is 17.2 Å². The van der Waals surface area contributed by atoms with Crippen molar-refractivity contribution in [3.8, 4) is 11.1 Å². The fourth-order valence-corrected chi connectivity index (χ4v) is 4.29. The van der Waals surface area contributed by atoms with Gasteiger partial charge < -0.3 is 5.11 Å². The Labute approximate surface area is 167 Å². The number of carbonyl (C=O) groups is 1. The van der Waals surface area contributed by atoms with Crippen molar-refractivity contribution in [1.82, 2.24) is 10.3 Å². The van der Waals surface area contributed by atoms with Gasteiger partial charge in [-0.25, -0.2) is 4.39 Å². The number of carbonyl (C=O) groups excluding carboxylic acids is 1. The average Bonchev–Trinajstić information content (AvgIpc) is 2.70. The number of amides is 1. The predicted molar refractivity (Wildman–Crippen MR) is 108 cm³/mol. The monoisotopic (exact) mass is 408 g/mol. The smallest absolute Gasteiger partial charge is 0.269 e. The van der Waals surface area contributed by atoms with Crippen LogP contribution in [0.1, 0.15) is 48.0 Å². The Morgan fingerprint density at radius 3 is 2.70 bits per heavy atom. The molecule has 1 amide bonds. The van der Waals surface area contributed by atoms with Crippen molar-refractivity contribution >= 4 is 29.5 Å². The highest BCUT2D eigenvalue weighted by molar-refractivity contribution is 7.98. The van der Waals surface area contributed by atoms with E-state index in [4.69, 9.17) is 11.6 Å². The molecular formula is C20H22ClFN2O2S. The lowest BCUT2D eigenvalue weighted by Gasteiger charge is -2.21. The second kappa shape index (κ2) is 9.55. The lowest BCUT2D eigenvalue weighted by atomic mass is 10.0. The van der Waals surface area contributed by atoms with Crippen molar-refractivity contribution in [2.75, 3.05) is 0 Å². The van der Waals surface area contributed by atoms with Crippen LogP contribution in [0.2, 0.25) is 5.02 Å². The van der Waals surface area contributed by atoms with Crippen molar-refractivity contribution in [3.63, 3.8) is 0 Å². The Bertz CT molecular complexity index is 813. The van der Waals surface area contributed by atoms with Crippen LogP contribution in [0.5, 0.6) is 0 Å². The number of hydrogen-bond donors (Lipinski definition) is 3. The maximum atomic E-state index is 14.4. The number of benzene rings is 2. The van der Waals surface area contributed by atoms with E-state index in [1.807, 2.05) is 6.07 Å². The summed E-state index contributed by atoms with van der Waals surface area (Å²) in [6, 6.07) is 10.1. The number of aliphatic hydroxyl groups is 1. The van der Waals surface area contributed by atoms with Crippen molar-refractivity contribution in [3.05, 3.63) is 58.4 Å². The zero-order valence-corrected chi connectivity index (χ0v) is 16.4. The normalized spacial score (nSPS) is 14.9. The maximum absolute atomic E-state index is 14.4. The molecule has 0 aliphatic heterocycles. The highest BCUT2D eigenvalue weighted by atomic mass is 35.5. The minimum Gasteiger partial charge on any atom is -0.392 e. The van der Waals surface area contributed by atoms with Gasteiger partial charge in [0.2, 0.25) is 0 Å². The number of nitrogens with one attached hydrogen (secondary N) is 2. The van der Waals surface area contributed by atoms with Crippen molar-refractivity contribution in [2.45, 2.75) is 44.0 Å². The first-order valence-corrected chi connectivity index (χ1v) is 10.2. The second-order valence-electron chi connectivity index (χ2n) is 6.61. The molecule has 1 saturated carbocycles. The summed E-state index contributed by atoms with van der Waals surface area (Å²) in [6.45, 7) is -0.0988. The standard InChI is InChI=1S/C20H22ClFN2O2S/c21-18-11-15(14-6-4-5-13(9-14)12-25)10-17(19(18)22)20(26)23-24-27-16-7-2-1-3-8-16/h4-6,9-11,16,24-25H,1-3,7-8,12H2,(H,23,26). The summed E-state index contributed by atoms with van der Waals surface area (Å²) in [7, 11) is 0. The third-order valence-corrected chi connectivity index (χ3v) is 5.96. The number of aliphatic hydroxyl groups excluding tert-OH is 1. The number of hydrazine groups is 1. The van der Waals surface area contributed by atoms with Crippen LogP contribution in [0, 0.1) is 5.82 Å². The van der Waals surface area contributed by atoms with Gasteiger partial charge in [-0.3, -0.25) is 10.2 Å². The lowest BCUT2D eigenvalue weighted by Crippen LogP contribution is -2.35. The summed E-state index contributed by atoms with van der Waals surface area (Å²) in [4.78, 5) is 15.3. The molecule has 0 atom stereocenters. The number of hydrogen-bond acceptors (Lipinski definition) is 4. The van der Waals surface area contributed by atoms with Gasteiger partial charge in [0, 0.05) is 5.25 Å². The largest absolute Gasteiger partial charge is 0.392 e. The van der Waals surface area contributed by atoms with Gasteiger partial charge >= 0.3 is 0 Å². The summed E-state index contributed by atoms with van der Waals surface area (Å²) in [5.41, 5.74) is 4.52. The van der Waals surface area contributed by atoms with Crippen LogP contribution in [-0.2, 0) is 6.61 Å². The van der Waals surface area contributed by atoms with E-state index in [0.29, 0.717) is 10.8 Å². The molecule has 3 rings (SSSR count). The zero-order valence-electron chi connectivity index (χ0n) is 14.8. The van der Waals surface area contributed by atoms with Gasteiger partial charge in [0.25, 0.3) is 5.91 Å². The lowest BCUT2D eigenvalue weighted by molar-refractivity contribution is 0.0943. The molecule has 0 unspecified atom stereocenters. The Balaban J connectivity index is 1.73. The van der Waals surface area contributed by atoms with E-state index >= 15 is 0 Å². The van der Waals surface area contributed by atoms with E-state index < -0.39 is 11.7 Å². The Morgan fingerprint density at radius 1 is 1.19 bits per heavy atom. The van der Waals surface area contributed by atoms with Crippen LogP contribution in [0.4, 0.5) is 4.39 Å². The van der Waals surface area contributed by atoms with Crippen molar-refractivity contribution in [2.24, 2.45) is 0 Å². The molecule has 2 aromatic rings. The van der Waals surface area contributed by atoms with E-state index in [9.17, 15) is 14.3 Å². The minimum absolute atomic E-state index is 0.0988. The first-order chi connectivity index (χ1) is 13.1. The SMILES string of the molecule is O=C(NNSC1CCCCC1)c1cc(-c2cccc(CO)c2)cc(Cl)c1F. The van der Waals surface area contributed by atoms with Crippen LogP contribution in [0.25, 0.3) is 11.1 Å². The first kappa shape index (κ1) is 20.1. The average molecular weight is 409 g/mol. The summed E-state index contributed by atoms with van der Waals surface area (Å²) in [5, 5.41) is 9.63. The molecule has 1 fully saturated rings. The van der Waals surface area contributed by atoms with Gasteiger partial charge in [0.15, 0.2) is 5.82 Å². The fourth-order valence-electron chi connectivity index (χ4n) is 3.18. The fraction of sp³-hybridized carbons (Fsp3) is 0.350. The summed E-state index contributed by atoms with van der Waals surface area (Å²) >= 11 is 7.48. The molecular weight excluding hydrogens is 387 g/mol. The predicted octanol–water partition coefficient (Wildman–Crippen LogP) is 4.85. The summed E-state index contributed by atoms with van der Waals surface area (Å²) < 4.78 is 14.4. The van der Waals surface area contributed by atoms with Gasteiger partial charge in [-0.05, 0) is 47.7 Å². The molecule has 7 heteroatoms. The molecule has 0 radical (unpaired) electrons. The quantitative estimate of drug-likeness (QED) is 0.472. The van der Waals surface area contributed by atoms with Crippen LogP contribution >= 0.6 is 23.5 Å². The molecule has 3 N–H and O–H groups in total. The van der Waals surface area contributed by atoms with E-state index in [1.165, 1.54) is 43.3 Å². The third kappa shape index (κ3) is 5.23. The van der Waals surface area contributed by atoms with Crippen molar-refractivity contribution in [1.29, 1.82) is 0 Å². The first-order valence-electron chi connectivity index (χ1n) is 8.98. The molecule has 1 aliphatic rings. The molecule has 0 bridgehead atoms. The molecule has 0 aromatic heterocycles. The molecule has 144 valence electrons. The van der Waals surface area contributed by atoms with Gasteiger partial charge in [-0.15, -0.1) is 0 Å². The molecule has 2 aromatic carbocycles. The zero-order chi connectivity index (χ0) is 19.2. The van der Waals surface area contributed by atoms with Gasteiger partial charge in [-0.2, -0.15) is 4.83 Å². The maximum Gasteiger partial charge on any atom is 0.269 e. The topological polar surface area (TPSA) is 61.4 Å². The minimum atomic E-state index is -0.749. The van der Waals surface area contributed by atoms with Crippen LogP contribution in [0.3, 0.4) is 0 Å². The van der Waals surface area contributed by atoms with E-state index in [0.717, 1.165) is 24.0 Å². The van der Waals surface area contributed by atoms with E-state index in [1.54, 1.807) is 18.2 Å². The molecule has 0 heterocycles. The second-order valence-corrected chi connectivity index (χ2v) is 8.13. The highest BCUT2D eigenvalue weighted by Crippen LogP contribution is 2.29. The molecule has 27 heavy (non-hydrogen) atoms. The van der Waals surface area contributed by atoms with Crippen LogP contribution < -0.4 is 10.3 Å². The molecule has 0 spiro atoms. The summed E-state index contributed by atoms with van der Waals surface area (Å²) in [6.07, 6.45) is 5.89. The van der Waals surface area contributed by atoms with Crippen LogP contribution in [0.15, 0.2) is 36.4 Å². The Hall–Kier alpha value is -1.60. The molecule has 1 aliphatic carbocycles. The van der Waals surface area contributed by atoms with Crippen molar-refractivity contribution < 1.29 is 14.3 Å².